The van der Waals surface area contributed by atoms with Gasteiger partial charge in [0.15, 0.2) is 47.1 Å². The Morgan fingerprint density at radius 3 is 1.80 bits per heavy atom. The summed E-state index contributed by atoms with van der Waals surface area (Å²) in [7, 11) is 1.23. The molecule has 50 heavy (non-hydrogen) atoms. The van der Waals surface area contributed by atoms with Gasteiger partial charge in [-0.3, -0.25) is 14.4 Å². The summed E-state index contributed by atoms with van der Waals surface area (Å²) < 4.78 is 30.3. The average Bonchev–Trinajstić information content (AvgIpc) is 3.08. The van der Waals surface area contributed by atoms with E-state index in [-0.39, 0.29) is 30.8 Å². The van der Waals surface area contributed by atoms with Crippen LogP contribution in [0.1, 0.15) is 38.3 Å². The number of methoxy groups -OCH3 is 1. The number of aromatic hydroxyl groups is 4. The second-order valence-electron chi connectivity index (χ2n) is 10.9. The molecule has 0 saturated carbocycles. The SMILES string of the molecule is CO[C@@H](C)C(=O)O[C@@H](C)C(=O)O[C@@H](COC(=O)C(C=N)Cc1ccc(O)c(O)c1)C(=O)O[C@@H](COC(=O)CCc1ccc(O)c(O)c1)C(C)=O. The van der Waals surface area contributed by atoms with Crippen LogP contribution in [0.5, 0.6) is 23.0 Å². The molecule has 0 radical (unpaired) electrons. The van der Waals surface area contributed by atoms with Gasteiger partial charge in [-0.05, 0) is 69.0 Å². The van der Waals surface area contributed by atoms with E-state index in [1.807, 2.05) is 0 Å². The first-order chi connectivity index (χ1) is 23.6. The van der Waals surface area contributed by atoms with Crippen molar-refractivity contribution in [3.63, 3.8) is 0 Å². The minimum atomic E-state index is -2.03. The van der Waals surface area contributed by atoms with E-state index in [0.717, 1.165) is 20.1 Å². The summed E-state index contributed by atoms with van der Waals surface area (Å²) in [5.74, 6) is -9.10. The van der Waals surface area contributed by atoms with Crippen molar-refractivity contribution in [3.05, 3.63) is 47.5 Å². The molecule has 0 bridgehead atoms. The molecule has 2 aromatic carbocycles. The van der Waals surface area contributed by atoms with Gasteiger partial charge in [-0.1, -0.05) is 12.1 Å². The van der Waals surface area contributed by atoms with Crippen molar-refractivity contribution in [1.29, 1.82) is 5.41 Å². The van der Waals surface area contributed by atoms with Crippen LogP contribution in [0.4, 0.5) is 0 Å². The predicted molar refractivity (Wildman–Crippen MR) is 168 cm³/mol. The Kier molecular flexibility index (Phi) is 15.6. The van der Waals surface area contributed by atoms with Crippen molar-refractivity contribution in [3.8, 4) is 23.0 Å². The van der Waals surface area contributed by atoms with E-state index in [4.69, 9.17) is 33.8 Å². The van der Waals surface area contributed by atoms with Gasteiger partial charge in [0.2, 0.25) is 6.10 Å². The molecule has 0 aliphatic rings. The number of carbonyl (C=O) groups excluding carboxylic acids is 6. The van der Waals surface area contributed by atoms with Crippen LogP contribution in [0.15, 0.2) is 36.4 Å². The zero-order chi connectivity index (χ0) is 37.5. The molecule has 0 fully saturated rings. The maximum atomic E-state index is 13.2. The van der Waals surface area contributed by atoms with E-state index in [1.165, 1.54) is 50.4 Å². The summed E-state index contributed by atoms with van der Waals surface area (Å²) in [5, 5.41) is 45.9. The van der Waals surface area contributed by atoms with Gasteiger partial charge >= 0.3 is 29.8 Å². The molecule has 2 rings (SSSR count). The van der Waals surface area contributed by atoms with Crippen LogP contribution in [-0.4, -0.2) is 107 Å². The highest BCUT2D eigenvalue weighted by molar-refractivity contribution is 5.90. The minimum absolute atomic E-state index is 0.0944. The van der Waals surface area contributed by atoms with Crippen molar-refractivity contribution in [1.82, 2.24) is 0 Å². The molecule has 0 aliphatic heterocycles. The van der Waals surface area contributed by atoms with Crippen molar-refractivity contribution in [2.45, 2.75) is 64.4 Å². The van der Waals surface area contributed by atoms with Crippen molar-refractivity contribution in [2.75, 3.05) is 20.3 Å². The van der Waals surface area contributed by atoms with Crippen LogP contribution in [0.25, 0.3) is 0 Å². The number of Topliss-reactive ketones (excluding diaryl/α,β-unsaturated/α-hetero) is 1. The van der Waals surface area contributed by atoms with Crippen molar-refractivity contribution in [2.24, 2.45) is 5.92 Å². The molecule has 5 atom stereocenters. The maximum Gasteiger partial charge on any atom is 0.351 e. The summed E-state index contributed by atoms with van der Waals surface area (Å²) in [6.45, 7) is 1.80. The van der Waals surface area contributed by atoms with E-state index < -0.39 is 90.7 Å². The van der Waals surface area contributed by atoms with E-state index in [0.29, 0.717) is 11.1 Å². The Morgan fingerprint density at radius 1 is 0.700 bits per heavy atom. The fraction of sp³-hybridized carbons (Fsp3) is 0.424. The molecule has 1 unspecified atom stereocenters. The summed E-state index contributed by atoms with van der Waals surface area (Å²) in [5.41, 5.74) is 0.836. The van der Waals surface area contributed by atoms with Gasteiger partial charge in [-0.25, -0.2) is 14.4 Å². The smallest absolute Gasteiger partial charge is 0.351 e. The second kappa shape index (κ2) is 19.3. The average molecular weight is 706 g/mol. The number of ether oxygens (including phenoxy) is 6. The van der Waals surface area contributed by atoms with Gasteiger partial charge in [-0.15, -0.1) is 0 Å². The second-order valence-corrected chi connectivity index (χ2v) is 10.9. The highest BCUT2D eigenvalue weighted by Crippen LogP contribution is 2.27. The lowest BCUT2D eigenvalue weighted by Gasteiger charge is -2.22. The number of hydrogen-bond acceptors (Lipinski definition) is 17. The first-order valence-electron chi connectivity index (χ1n) is 15.0. The maximum absolute atomic E-state index is 13.2. The van der Waals surface area contributed by atoms with Gasteiger partial charge in [0, 0.05) is 19.7 Å². The number of phenolic OH excluding ortho intramolecular Hbond substituents is 4. The summed E-state index contributed by atoms with van der Waals surface area (Å²) in [6.07, 6.45) is -5.90. The summed E-state index contributed by atoms with van der Waals surface area (Å²) in [6, 6.07) is 7.69. The predicted octanol–water partition coefficient (Wildman–Crippen LogP) is 1.42. The molecule has 5 N–H and O–H groups in total. The Hall–Kier alpha value is -5.71. The first-order valence-corrected chi connectivity index (χ1v) is 15.0. The number of ketones is 1. The van der Waals surface area contributed by atoms with E-state index in [9.17, 15) is 49.2 Å². The topological polar surface area (TPSA) is 263 Å². The minimum Gasteiger partial charge on any atom is -0.504 e. The number of esters is 5. The molecule has 17 nitrogen and oxygen atoms in total. The summed E-state index contributed by atoms with van der Waals surface area (Å²) >= 11 is 0. The number of nitrogens with one attached hydrogen (secondary N) is 1. The lowest BCUT2D eigenvalue weighted by molar-refractivity contribution is -0.188. The molecule has 0 amide bonds. The number of benzene rings is 2. The Balaban J connectivity index is 2.13. The van der Waals surface area contributed by atoms with Crippen molar-refractivity contribution < 1.29 is 77.6 Å². The third kappa shape index (κ3) is 12.7. The zero-order valence-corrected chi connectivity index (χ0v) is 27.7. The van der Waals surface area contributed by atoms with Crippen LogP contribution < -0.4 is 0 Å². The van der Waals surface area contributed by atoms with Crippen LogP contribution in [0.3, 0.4) is 0 Å². The molecule has 2 aromatic rings. The number of aryl methyl sites for hydroxylation is 1. The Labute approximate surface area is 286 Å². The molecule has 17 heteroatoms. The van der Waals surface area contributed by atoms with Crippen LogP contribution >= 0.6 is 0 Å². The van der Waals surface area contributed by atoms with E-state index >= 15 is 0 Å². The van der Waals surface area contributed by atoms with Gasteiger partial charge < -0.3 is 54.3 Å². The highest BCUT2D eigenvalue weighted by Gasteiger charge is 2.34. The highest BCUT2D eigenvalue weighted by atomic mass is 16.6. The number of rotatable bonds is 19. The van der Waals surface area contributed by atoms with Gasteiger partial charge in [0.05, 0.1) is 5.92 Å². The molecule has 0 saturated heterocycles. The number of phenols is 4. The van der Waals surface area contributed by atoms with E-state index in [1.54, 1.807) is 0 Å². The largest absolute Gasteiger partial charge is 0.504 e. The van der Waals surface area contributed by atoms with Gasteiger partial charge in [0.1, 0.15) is 13.2 Å². The fourth-order valence-electron chi connectivity index (χ4n) is 3.89. The number of carbonyl (C=O) groups is 6. The molecular weight excluding hydrogens is 666 g/mol. The van der Waals surface area contributed by atoms with Crippen LogP contribution in [0, 0.1) is 11.3 Å². The molecule has 0 aliphatic carbocycles. The first kappa shape index (κ1) is 40.5. The van der Waals surface area contributed by atoms with E-state index in [2.05, 4.69) is 0 Å². The normalized spacial score (nSPS) is 13.8. The zero-order valence-electron chi connectivity index (χ0n) is 27.7. The molecule has 0 spiro atoms. The number of hydrogen-bond donors (Lipinski definition) is 5. The fourth-order valence-corrected chi connectivity index (χ4v) is 3.89. The quantitative estimate of drug-likeness (QED) is 0.0599. The Bertz CT molecular complexity index is 1560. The molecule has 0 aromatic heterocycles. The standard InChI is InChI=1S/C33H39NO16/c1-17(35)27(15-46-29(40)10-7-20-5-8-23(36)25(38)12-20)49-33(44)28(50-31(42)19(3)48-30(41)18(2)45-4)16-47-32(43)22(14-34)11-21-6-9-24(37)26(39)13-21/h5-6,8-9,12-14,18-19,22,27-28,34,36-39H,7,10-11,15-16H2,1-4H3/t18-,19-,22?,27-,28-/m0/s1. The monoisotopic (exact) mass is 705 g/mol. The van der Waals surface area contributed by atoms with Gasteiger partial charge in [0.25, 0.3) is 0 Å². The lowest BCUT2D eigenvalue weighted by atomic mass is 10.00. The third-order valence-corrected chi connectivity index (χ3v) is 6.97. The summed E-state index contributed by atoms with van der Waals surface area (Å²) in [4.78, 5) is 75.4. The lowest BCUT2D eigenvalue weighted by Crippen LogP contribution is -2.42. The van der Waals surface area contributed by atoms with Gasteiger partial charge in [-0.2, -0.15) is 0 Å². The third-order valence-electron chi connectivity index (χ3n) is 6.97. The molecule has 0 heterocycles. The molecule has 272 valence electrons. The molecular formula is C33H39NO16. The van der Waals surface area contributed by atoms with Crippen LogP contribution in [-0.2, 0) is 70.0 Å². The van der Waals surface area contributed by atoms with Crippen molar-refractivity contribution >= 4 is 41.8 Å². The van der Waals surface area contributed by atoms with Crippen LogP contribution in [0.2, 0.25) is 0 Å². The Morgan fingerprint density at radius 2 is 1.24 bits per heavy atom.